The number of hydrogen-bond acceptors (Lipinski definition) is 3. The summed E-state index contributed by atoms with van der Waals surface area (Å²) in [5, 5.41) is 0. The third-order valence-electron chi connectivity index (χ3n) is 4.89. The Balaban J connectivity index is 1.59. The fraction of sp³-hybridized carbons (Fsp3) is 0.450. The fourth-order valence-electron chi connectivity index (χ4n) is 3.40. The van der Waals surface area contributed by atoms with Gasteiger partial charge in [0.25, 0.3) is 5.91 Å². The second-order valence-corrected chi connectivity index (χ2v) is 6.77. The molecule has 1 aliphatic rings. The van der Waals surface area contributed by atoms with Crippen LogP contribution in [0.3, 0.4) is 0 Å². The SMILES string of the molecule is Cc1cnc(C(=O)N2CCC[C@@H](CCc3ccccc3C)C2)cn1. The lowest BCUT2D eigenvalue weighted by atomic mass is 9.90. The first-order chi connectivity index (χ1) is 11.6. The topological polar surface area (TPSA) is 46.1 Å². The van der Waals surface area contributed by atoms with Crippen molar-refractivity contribution in [1.82, 2.24) is 14.9 Å². The Morgan fingerprint density at radius 1 is 1.21 bits per heavy atom. The lowest BCUT2D eigenvalue weighted by Crippen LogP contribution is -2.40. The van der Waals surface area contributed by atoms with Gasteiger partial charge in [0.2, 0.25) is 0 Å². The molecule has 4 heteroatoms. The van der Waals surface area contributed by atoms with Gasteiger partial charge in [-0.25, -0.2) is 4.98 Å². The predicted molar refractivity (Wildman–Crippen MR) is 94.9 cm³/mol. The van der Waals surface area contributed by atoms with Crippen molar-refractivity contribution >= 4 is 5.91 Å². The summed E-state index contributed by atoms with van der Waals surface area (Å²) in [7, 11) is 0. The summed E-state index contributed by atoms with van der Waals surface area (Å²) in [6.07, 6.45) is 7.75. The van der Waals surface area contributed by atoms with Crippen molar-refractivity contribution < 1.29 is 4.79 Å². The number of carbonyl (C=O) groups excluding carboxylic acids is 1. The van der Waals surface area contributed by atoms with Crippen LogP contribution in [-0.4, -0.2) is 33.9 Å². The number of carbonyl (C=O) groups is 1. The molecule has 4 nitrogen and oxygen atoms in total. The van der Waals surface area contributed by atoms with Crippen LogP contribution in [0, 0.1) is 19.8 Å². The summed E-state index contributed by atoms with van der Waals surface area (Å²) in [6, 6.07) is 8.57. The molecule has 0 aliphatic carbocycles. The highest BCUT2D eigenvalue weighted by Gasteiger charge is 2.25. The molecule has 2 aromatic rings. The van der Waals surface area contributed by atoms with Gasteiger partial charge < -0.3 is 4.90 Å². The van der Waals surface area contributed by atoms with Gasteiger partial charge >= 0.3 is 0 Å². The first kappa shape index (κ1) is 16.6. The Morgan fingerprint density at radius 2 is 2.04 bits per heavy atom. The Bertz CT molecular complexity index is 696. The highest BCUT2D eigenvalue weighted by atomic mass is 16.2. The van der Waals surface area contributed by atoms with E-state index in [0.717, 1.165) is 38.0 Å². The van der Waals surface area contributed by atoms with Gasteiger partial charge in [0.15, 0.2) is 0 Å². The van der Waals surface area contributed by atoms with E-state index in [-0.39, 0.29) is 5.91 Å². The van der Waals surface area contributed by atoms with E-state index in [9.17, 15) is 4.79 Å². The third kappa shape index (κ3) is 3.99. The molecule has 0 bridgehead atoms. The minimum atomic E-state index is 0.0168. The molecule has 0 N–H and O–H groups in total. The second-order valence-electron chi connectivity index (χ2n) is 6.77. The van der Waals surface area contributed by atoms with E-state index in [1.165, 1.54) is 17.5 Å². The summed E-state index contributed by atoms with van der Waals surface area (Å²) in [5.41, 5.74) is 4.07. The van der Waals surface area contributed by atoms with E-state index in [2.05, 4.69) is 41.2 Å². The zero-order valence-corrected chi connectivity index (χ0v) is 14.5. The van der Waals surface area contributed by atoms with Crippen molar-refractivity contribution in [2.45, 2.75) is 39.5 Å². The van der Waals surface area contributed by atoms with Crippen molar-refractivity contribution in [3.63, 3.8) is 0 Å². The van der Waals surface area contributed by atoms with Gasteiger partial charge in [-0.3, -0.25) is 9.78 Å². The predicted octanol–water partition coefficient (Wildman–Crippen LogP) is 3.58. The maximum atomic E-state index is 12.6. The van der Waals surface area contributed by atoms with Gasteiger partial charge in [-0.15, -0.1) is 0 Å². The van der Waals surface area contributed by atoms with Crippen LogP contribution >= 0.6 is 0 Å². The number of aromatic nitrogens is 2. The Morgan fingerprint density at radius 3 is 2.79 bits per heavy atom. The summed E-state index contributed by atoms with van der Waals surface area (Å²) >= 11 is 0. The third-order valence-corrected chi connectivity index (χ3v) is 4.89. The number of aryl methyl sites for hydroxylation is 3. The Kier molecular flexibility index (Phi) is 5.24. The van der Waals surface area contributed by atoms with Gasteiger partial charge in [0.05, 0.1) is 11.9 Å². The van der Waals surface area contributed by atoms with Crippen LogP contribution in [0.5, 0.6) is 0 Å². The van der Waals surface area contributed by atoms with Gasteiger partial charge in [-0.1, -0.05) is 24.3 Å². The van der Waals surface area contributed by atoms with E-state index in [4.69, 9.17) is 0 Å². The van der Waals surface area contributed by atoms with Gasteiger partial charge in [-0.2, -0.15) is 0 Å². The van der Waals surface area contributed by atoms with E-state index >= 15 is 0 Å². The molecule has 2 heterocycles. The highest BCUT2D eigenvalue weighted by molar-refractivity contribution is 5.92. The minimum absolute atomic E-state index is 0.0168. The number of hydrogen-bond donors (Lipinski definition) is 0. The number of amides is 1. The highest BCUT2D eigenvalue weighted by Crippen LogP contribution is 2.23. The van der Waals surface area contributed by atoms with Crippen LogP contribution in [0.15, 0.2) is 36.7 Å². The quantitative estimate of drug-likeness (QED) is 0.864. The molecule has 3 rings (SSSR count). The Labute approximate surface area is 143 Å². The summed E-state index contributed by atoms with van der Waals surface area (Å²) < 4.78 is 0. The van der Waals surface area contributed by atoms with Crippen LogP contribution in [0.2, 0.25) is 0 Å². The molecule has 1 amide bonds. The standard InChI is InChI=1S/C20H25N3O/c1-15-6-3-4-8-18(15)10-9-17-7-5-11-23(14-17)20(24)19-13-21-16(2)12-22-19/h3-4,6,8,12-13,17H,5,7,9-11,14H2,1-2H3/t17-/m0/s1. The molecule has 0 radical (unpaired) electrons. The van der Waals surface area contributed by atoms with Crippen LogP contribution in [0.25, 0.3) is 0 Å². The lowest BCUT2D eigenvalue weighted by Gasteiger charge is -2.32. The fourth-order valence-corrected chi connectivity index (χ4v) is 3.40. The van der Waals surface area contributed by atoms with Crippen LogP contribution in [-0.2, 0) is 6.42 Å². The number of nitrogens with zero attached hydrogens (tertiary/aromatic N) is 3. The molecule has 1 fully saturated rings. The average Bonchev–Trinajstić information content (AvgIpc) is 2.61. The number of likely N-dealkylation sites (tertiary alicyclic amines) is 1. The monoisotopic (exact) mass is 323 g/mol. The van der Waals surface area contributed by atoms with Crippen LogP contribution in [0.4, 0.5) is 0 Å². The largest absolute Gasteiger partial charge is 0.337 e. The molecule has 0 saturated carbocycles. The maximum absolute atomic E-state index is 12.6. The molecule has 1 atom stereocenters. The lowest BCUT2D eigenvalue weighted by molar-refractivity contribution is 0.0662. The van der Waals surface area contributed by atoms with Gasteiger partial charge in [0.1, 0.15) is 5.69 Å². The van der Waals surface area contributed by atoms with Crippen LogP contribution in [0.1, 0.15) is 46.6 Å². The number of rotatable bonds is 4. The van der Waals surface area contributed by atoms with Crippen molar-refractivity contribution in [3.05, 3.63) is 59.2 Å². The molecule has 0 spiro atoms. The molecular weight excluding hydrogens is 298 g/mol. The van der Waals surface area contributed by atoms with Gasteiger partial charge in [0, 0.05) is 19.3 Å². The molecule has 24 heavy (non-hydrogen) atoms. The Hall–Kier alpha value is -2.23. The molecule has 1 aromatic carbocycles. The second kappa shape index (κ2) is 7.56. The molecule has 1 aromatic heterocycles. The average molecular weight is 323 g/mol. The van der Waals surface area contributed by atoms with Crippen molar-refractivity contribution in [3.8, 4) is 0 Å². The molecule has 0 unspecified atom stereocenters. The first-order valence-electron chi connectivity index (χ1n) is 8.76. The van der Waals surface area contributed by atoms with Crippen molar-refractivity contribution in [2.24, 2.45) is 5.92 Å². The zero-order valence-electron chi connectivity index (χ0n) is 14.5. The molecule has 1 saturated heterocycles. The summed E-state index contributed by atoms with van der Waals surface area (Å²) in [4.78, 5) is 23.0. The summed E-state index contributed by atoms with van der Waals surface area (Å²) in [6.45, 7) is 5.71. The van der Waals surface area contributed by atoms with Gasteiger partial charge in [-0.05, 0) is 56.6 Å². The van der Waals surface area contributed by atoms with E-state index in [1.807, 2.05) is 11.8 Å². The van der Waals surface area contributed by atoms with E-state index < -0.39 is 0 Å². The maximum Gasteiger partial charge on any atom is 0.274 e. The first-order valence-corrected chi connectivity index (χ1v) is 8.76. The minimum Gasteiger partial charge on any atom is -0.337 e. The van der Waals surface area contributed by atoms with Crippen molar-refractivity contribution in [1.29, 1.82) is 0 Å². The number of piperidine rings is 1. The van der Waals surface area contributed by atoms with E-state index in [1.54, 1.807) is 12.4 Å². The smallest absolute Gasteiger partial charge is 0.274 e. The van der Waals surface area contributed by atoms with Crippen molar-refractivity contribution in [2.75, 3.05) is 13.1 Å². The van der Waals surface area contributed by atoms with Crippen LogP contribution < -0.4 is 0 Å². The molecule has 126 valence electrons. The molecule has 1 aliphatic heterocycles. The number of benzene rings is 1. The normalized spacial score (nSPS) is 17.8. The molecular formula is C20H25N3O. The summed E-state index contributed by atoms with van der Waals surface area (Å²) in [5.74, 6) is 0.587. The zero-order chi connectivity index (χ0) is 16.9. The van der Waals surface area contributed by atoms with E-state index in [0.29, 0.717) is 11.6 Å².